The summed E-state index contributed by atoms with van der Waals surface area (Å²) in [6.07, 6.45) is 6.82. The molecule has 29 heavy (non-hydrogen) atoms. The van der Waals surface area contributed by atoms with Crippen LogP contribution in [0.2, 0.25) is 0 Å². The summed E-state index contributed by atoms with van der Waals surface area (Å²) in [4.78, 5) is 17.1. The van der Waals surface area contributed by atoms with Gasteiger partial charge in [-0.15, -0.1) is 0 Å². The Balaban J connectivity index is 1.33. The van der Waals surface area contributed by atoms with Crippen molar-refractivity contribution in [3.05, 3.63) is 65.2 Å². The summed E-state index contributed by atoms with van der Waals surface area (Å²) >= 11 is 0. The minimum absolute atomic E-state index is 0.0501. The number of carbonyl (C=O) groups is 1. The van der Waals surface area contributed by atoms with Crippen molar-refractivity contribution in [2.45, 2.75) is 51.0 Å². The lowest BCUT2D eigenvalue weighted by Crippen LogP contribution is -2.49. The van der Waals surface area contributed by atoms with Crippen molar-refractivity contribution in [2.75, 3.05) is 26.2 Å². The predicted molar refractivity (Wildman–Crippen MR) is 116 cm³/mol. The molecule has 0 bridgehead atoms. The fourth-order valence-electron chi connectivity index (χ4n) is 4.79. The van der Waals surface area contributed by atoms with Crippen LogP contribution in [0.3, 0.4) is 0 Å². The SMILES string of the molecule is CC(c1ccc(C2CCCCC2)cc1)N1CCN(C(=O)c2ccc(O)cc2)CC1. The number of nitrogens with zero attached hydrogens (tertiary/aromatic N) is 2. The molecule has 2 aromatic rings. The first-order valence-corrected chi connectivity index (χ1v) is 11.0. The lowest BCUT2D eigenvalue weighted by molar-refractivity contribution is 0.0582. The second-order valence-corrected chi connectivity index (χ2v) is 8.55. The predicted octanol–water partition coefficient (Wildman–Crippen LogP) is 4.96. The zero-order valence-electron chi connectivity index (χ0n) is 17.4. The van der Waals surface area contributed by atoms with Crippen LogP contribution in [0.15, 0.2) is 48.5 Å². The summed E-state index contributed by atoms with van der Waals surface area (Å²) in [6, 6.07) is 16.2. The first kappa shape index (κ1) is 20.0. The molecule has 4 nitrogen and oxygen atoms in total. The van der Waals surface area contributed by atoms with Crippen molar-refractivity contribution in [1.29, 1.82) is 0 Å². The van der Waals surface area contributed by atoms with E-state index in [-0.39, 0.29) is 11.7 Å². The maximum Gasteiger partial charge on any atom is 0.253 e. The Morgan fingerprint density at radius 2 is 1.52 bits per heavy atom. The molecule has 154 valence electrons. The zero-order valence-corrected chi connectivity index (χ0v) is 17.4. The molecule has 1 heterocycles. The average molecular weight is 393 g/mol. The highest BCUT2D eigenvalue weighted by atomic mass is 16.3. The van der Waals surface area contributed by atoms with Crippen molar-refractivity contribution in [1.82, 2.24) is 9.80 Å². The quantitative estimate of drug-likeness (QED) is 0.800. The molecular weight excluding hydrogens is 360 g/mol. The molecular formula is C25H32N2O2. The highest BCUT2D eigenvalue weighted by Gasteiger charge is 2.25. The van der Waals surface area contributed by atoms with E-state index in [1.165, 1.54) is 43.2 Å². The fraction of sp³-hybridized carbons (Fsp3) is 0.480. The molecule has 1 atom stereocenters. The third-order valence-corrected chi connectivity index (χ3v) is 6.76. The van der Waals surface area contributed by atoms with E-state index >= 15 is 0 Å². The molecule has 0 spiro atoms. The number of rotatable bonds is 4. The second kappa shape index (κ2) is 9.00. The van der Waals surface area contributed by atoms with E-state index in [0.29, 0.717) is 11.6 Å². The number of phenolic OH excluding ortho intramolecular Hbond substituents is 1. The van der Waals surface area contributed by atoms with Gasteiger partial charge in [-0.3, -0.25) is 9.69 Å². The van der Waals surface area contributed by atoms with E-state index in [1.54, 1.807) is 24.3 Å². The van der Waals surface area contributed by atoms with Crippen LogP contribution in [0.5, 0.6) is 5.75 Å². The molecule has 2 fully saturated rings. The molecule has 1 N–H and O–H groups in total. The normalized spacial score (nSPS) is 19.8. The standard InChI is InChI=1S/C25H32N2O2/c1-19(20-7-9-22(10-8-20)21-5-3-2-4-6-21)26-15-17-27(18-16-26)25(29)23-11-13-24(28)14-12-23/h7-14,19,21,28H,2-6,15-18H2,1H3. The van der Waals surface area contributed by atoms with Crippen molar-refractivity contribution in [3.63, 3.8) is 0 Å². The molecule has 1 aliphatic carbocycles. The molecule has 4 rings (SSSR count). The maximum absolute atomic E-state index is 12.7. The number of phenols is 1. The molecule has 1 unspecified atom stereocenters. The number of amides is 1. The van der Waals surface area contributed by atoms with Crippen molar-refractivity contribution in [3.8, 4) is 5.75 Å². The van der Waals surface area contributed by atoms with Gasteiger partial charge in [-0.05, 0) is 61.1 Å². The molecule has 1 amide bonds. The number of hydrogen-bond acceptors (Lipinski definition) is 3. The van der Waals surface area contributed by atoms with Crippen LogP contribution < -0.4 is 0 Å². The van der Waals surface area contributed by atoms with Crippen molar-refractivity contribution >= 4 is 5.91 Å². The summed E-state index contributed by atoms with van der Waals surface area (Å²) in [5.41, 5.74) is 3.51. The lowest BCUT2D eigenvalue weighted by atomic mass is 9.83. The maximum atomic E-state index is 12.7. The van der Waals surface area contributed by atoms with Gasteiger partial charge in [0.2, 0.25) is 0 Å². The smallest absolute Gasteiger partial charge is 0.253 e. The minimum atomic E-state index is 0.0501. The summed E-state index contributed by atoms with van der Waals surface area (Å²) < 4.78 is 0. The van der Waals surface area contributed by atoms with E-state index < -0.39 is 0 Å². The van der Waals surface area contributed by atoms with Gasteiger partial charge < -0.3 is 10.0 Å². The zero-order chi connectivity index (χ0) is 20.2. The van der Waals surface area contributed by atoms with Gasteiger partial charge in [-0.25, -0.2) is 0 Å². The summed E-state index contributed by atoms with van der Waals surface area (Å²) in [5.74, 6) is 0.992. The van der Waals surface area contributed by atoms with Crippen LogP contribution >= 0.6 is 0 Å². The van der Waals surface area contributed by atoms with Crippen LogP contribution in [0.1, 0.15) is 72.5 Å². The number of carbonyl (C=O) groups excluding carboxylic acids is 1. The van der Waals surface area contributed by atoms with Crippen LogP contribution in [0.25, 0.3) is 0 Å². The largest absolute Gasteiger partial charge is 0.508 e. The molecule has 0 radical (unpaired) electrons. The van der Waals surface area contributed by atoms with Gasteiger partial charge in [0, 0.05) is 37.8 Å². The molecule has 4 heteroatoms. The summed E-state index contributed by atoms with van der Waals surface area (Å²) in [6.45, 7) is 5.52. The highest BCUT2D eigenvalue weighted by molar-refractivity contribution is 5.94. The number of hydrogen-bond donors (Lipinski definition) is 1. The van der Waals surface area contributed by atoms with Gasteiger partial charge in [-0.2, -0.15) is 0 Å². The van der Waals surface area contributed by atoms with Crippen molar-refractivity contribution in [2.24, 2.45) is 0 Å². The van der Waals surface area contributed by atoms with Crippen LogP contribution in [0.4, 0.5) is 0 Å². The third-order valence-electron chi connectivity index (χ3n) is 6.76. The van der Waals surface area contributed by atoms with Gasteiger partial charge in [0.15, 0.2) is 0 Å². The summed E-state index contributed by atoms with van der Waals surface area (Å²) in [7, 11) is 0. The topological polar surface area (TPSA) is 43.8 Å². The highest BCUT2D eigenvalue weighted by Crippen LogP contribution is 2.33. The van der Waals surface area contributed by atoms with Crippen molar-refractivity contribution < 1.29 is 9.90 Å². The van der Waals surface area contributed by atoms with Crippen LogP contribution in [0, 0.1) is 0 Å². The monoisotopic (exact) mass is 392 g/mol. The Bertz CT molecular complexity index is 802. The minimum Gasteiger partial charge on any atom is -0.508 e. The van der Waals surface area contributed by atoms with Gasteiger partial charge in [0.25, 0.3) is 5.91 Å². The number of aromatic hydroxyl groups is 1. The van der Waals surface area contributed by atoms with E-state index in [4.69, 9.17) is 0 Å². The Morgan fingerprint density at radius 3 is 2.14 bits per heavy atom. The number of benzene rings is 2. The Hall–Kier alpha value is -2.33. The first-order chi connectivity index (χ1) is 14.1. The average Bonchev–Trinajstić information content (AvgIpc) is 2.79. The molecule has 1 saturated heterocycles. The van der Waals surface area contributed by atoms with E-state index in [2.05, 4.69) is 36.1 Å². The number of piperazine rings is 1. The Kier molecular flexibility index (Phi) is 6.19. The molecule has 0 aromatic heterocycles. The molecule has 2 aromatic carbocycles. The Labute approximate surface area is 174 Å². The van der Waals surface area contributed by atoms with Crippen LogP contribution in [-0.4, -0.2) is 47.0 Å². The lowest BCUT2D eigenvalue weighted by Gasteiger charge is -2.38. The summed E-state index contributed by atoms with van der Waals surface area (Å²) in [5, 5.41) is 9.41. The third kappa shape index (κ3) is 4.64. The molecule has 1 aliphatic heterocycles. The van der Waals surface area contributed by atoms with Gasteiger partial charge in [0.1, 0.15) is 5.75 Å². The fourth-order valence-corrected chi connectivity index (χ4v) is 4.79. The van der Waals surface area contributed by atoms with Gasteiger partial charge >= 0.3 is 0 Å². The van der Waals surface area contributed by atoms with Gasteiger partial charge in [0.05, 0.1) is 0 Å². The van der Waals surface area contributed by atoms with Gasteiger partial charge in [-0.1, -0.05) is 43.5 Å². The first-order valence-electron chi connectivity index (χ1n) is 11.0. The second-order valence-electron chi connectivity index (χ2n) is 8.55. The van der Waals surface area contributed by atoms with Crippen LogP contribution in [-0.2, 0) is 0 Å². The Morgan fingerprint density at radius 1 is 0.897 bits per heavy atom. The van der Waals surface area contributed by atoms with E-state index in [9.17, 15) is 9.90 Å². The van der Waals surface area contributed by atoms with E-state index in [1.807, 2.05) is 4.90 Å². The molecule has 2 aliphatic rings. The van der Waals surface area contributed by atoms with E-state index in [0.717, 1.165) is 32.1 Å². The molecule has 1 saturated carbocycles.